The molecule has 0 aliphatic carbocycles. The maximum absolute atomic E-state index is 11.5. The summed E-state index contributed by atoms with van der Waals surface area (Å²) in [6, 6.07) is 3.51. The van der Waals surface area contributed by atoms with Crippen LogP contribution in [0.1, 0.15) is 28.5 Å². The van der Waals surface area contributed by atoms with Crippen molar-refractivity contribution in [1.29, 1.82) is 0 Å². The van der Waals surface area contributed by atoms with E-state index >= 15 is 0 Å². The van der Waals surface area contributed by atoms with Gasteiger partial charge in [0.1, 0.15) is 0 Å². The van der Waals surface area contributed by atoms with Crippen molar-refractivity contribution in [2.24, 2.45) is 0 Å². The van der Waals surface area contributed by atoms with E-state index in [1.807, 2.05) is 6.92 Å². The minimum absolute atomic E-state index is 0. The summed E-state index contributed by atoms with van der Waals surface area (Å²) in [5.41, 5.74) is 2.45. The molecule has 0 radical (unpaired) electrons. The van der Waals surface area contributed by atoms with Crippen molar-refractivity contribution in [1.82, 2.24) is 0 Å². The van der Waals surface area contributed by atoms with Crippen LogP contribution in [-0.2, 0) is 9.09 Å². The van der Waals surface area contributed by atoms with Gasteiger partial charge < -0.3 is 5.95 Å². The fourth-order valence-corrected chi connectivity index (χ4v) is 1.96. The van der Waals surface area contributed by atoms with Gasteiger partial charge in [0, 0.05) is 0 Å². The van der Waals surface area contributed by atoms with Crippen LogP contribution < -0.4 is 18.9 Å². The van der Waals surface area contributed by atoms with Gasteiger partial charge in [-0.25, -0.2) is 9.36 Å². The summed E-state index contributed by atoms with van der Waals surface area (Å²) < 4.78 is 14.6. The van der Waals surface area contributed by atoms with Gasteiger partial charge in [-0.15, -0.1) is 0 Å². The molecule has 1 aromatic rings. The monoisotopic (exact) mass is 252 g/mol. The summed E-state index contributed by atoms with van der Waals surface area (Å²) in [5.74, 6) is -0.997. The van der Waals surface area contributed by atoms with E-state index in [4.69, 9.17) is 9.79 Å². The molecule has 1 aromatic carbocycles. The second kappa shape index (κ2) is 5.86. The van der Waals surface area contributed by atoms with Gasteiger partial charge in [0.25, 0.3) is 0 Å². The molecule has 90 valence electrons. The standard InChI is InChI=1S/C10H13O5P.Li.H/c1-6-4-7(2)9(8(3)5-6)10(11)15-16(12,13)14;;/h4-5H,1-3H3,(H2,12,13,14);;/q;+1;-1. The van der Waals surface area contributed by atoms with Crippen molar-refractivity contribution in [3.8, 4) is 0 Å². The number of carbonyl (C=O) groups is 1. The fraction of sp³-hybridized carbons (Fsp3) is 0.300. The molecule has 0 aliphatic rings. The minimum atomic E-state index is -4.79. The maximum atomic E-state index is 11.5. The Balaban J connectivity index is 0. The first kappa shape index (κ1) is 16.4. The Bertz CT molecular complexity index is 462. The van der Waals surface area contributed by atoms with Crippen LogP contribution in [0.3, 0.4) is 0 Å². The van der Waals surface area contributed by atoms with Gasteiger partial charge in [0.05, 0.1) is 5.56 Å². The molecule has 0 saturated carbocycles. The first-order valence-corrected chi connectivity index (χ1v) is 6.11. The number of phosphoric acid groups is 1. The number of phosphoric ester groups is 1. The smallest absolute Gasteiger partial charge is 1.00 e. The van der Waals surface area contributed by atoms with Crippen LogP contribution in [0, 0.1) is 20.8 Å². The van der Waals surface area contributed by atoms with Crippen molar-refractivity contribution < 1.29 is 44.0 Å². The third kappa shape index (κ3) is 4.67. The predicted octanol–water partition coefficient (Wildman–Crippen LogP) is -1.02. The summed E-state index contributed by atoms with van der Waals surface area (Å²) in [6.45, 7) is 5.25. The first-order chi connectivity index (χ1) is 7.20. The third-order valence-corrected chi connectivity index (χ3v) is 2.49. The molecule has 5 nitrogen and oxygen atoms in total. The average molecular weight is 252 g/mol. The van der Waals surface area contributed by atoms with Gasteiger partial charge >= 0.3 is 32.7 Å². The van der Waals surface area contributed by atoms with Crippen LogP contribution in [0.5, 0.6) is 0 Å². The Labute approximate surface area is 113 Å². The molecule has 0 fully saturated rings. The van der Waals surface area contributed by atoms with E-state index in [-0.39, 0.29) is 25.9 Å². The normalized spacial score (nSPS) is 10.6. The van der Waals surface area contributed by atoms with Crippen LogP contribution in [0.2, 0.25) is 0 Å². The number of hydrogen-bond acceptors (Lipinski definition) is 3. The fourth-order valence-electron chi connectivity index (χ4n) is 1.66. The quantitative estimate of drug-likeness (QED) is 0.520. The minimum Gasteiger partial charge on any atom is -1.00 e. The second-order valence-corrected chi connectivity index (χ2v) is 4.81. The van der Waals surface area contributed by atoms with Crippen LogP contribution in [-0.4, -0.2) is 15.8 Å². The molecule has 0 atom stereocenters. The van der Waals surface area contributed by atoms with E-state index in [1.54, 1.807) is 26.0 Å². The van der Waals surface area contributed by atoms with E-state index in [9.17, 15) is 9.36 Å². The second-order valence-electron chi connectivity index (χ2n) is 3.64. The van der Waals surface area contributed by atoms with E-state index in [0.29, 0.717) is 11.1 Å². The zero-order chi connectivity index (χ0) is 12.5. The molecule has 0 unspecified atom stereocenters. The number of carbonyl (C=O) groups excluding carboxylic acids is 1. The molecule has 0 heterocycles. The van der Waals surface area contributed by atoms with Gasteiger partial charge in [-0.1, -0.05) is 17.7 Å². The summed E-state index contributed by atoms with van der Waals surface area (Å²) in [7, 11) is -4.79. The first-order valence-electron chi connectivity index (χ1n) is 4.58. The van der Waals surface area contributed by atoms with E-state index < -0.39 is 13.8 Å². The van der Waals surface area contributed by atoms with Crippen LogP contribution in [0.4, 0.5) is 0 Å². The van der Waals surface area contributed by atoms with Crippen molar-refractivity contribution in [3.63, 3.8) is 0 Å². The molecule has 1 rings (SSSR count). The summed E-state index contributed by atoms with van der Waals surface area (Å²) in [5, 5.41) is 0. The molecule has 0 spiro atoms. The molecule has 7 heteroatoms. The van der Waals surface area contributed by atoms with Gasteiger partial charge in [0.15, 0.2) is 0 Å². The molecule has 17 heavy (non-hydrogen) atoms. The molecule has 0 amide bonds. The van der Waals surface area contributed by atoms with E-state index in [1.165, 1.54) is 0 Å². The van der Waals surface area contributed by atoms with Gasteiger partial charge in [-0.05, 0) is 31.9 Å². The van der Waals surface area contributed by atoms with Crippen molar-refractivity contribution in [2.45, 2.75) is 20.8 Å². The number of benzene rings is 1. The molecule has 0 aromatic heterocycles. The predicted molar refractivity (Wildman–Crippen MR) is 59.2 cm³/mol. The summed E-state index contributed by atoms with van der Waals surface area (Å²) in [6.07, 6.45) is 0. The molecular weight excluding hydrogens is 238 g/mol. The van der Waals surface area contributed by atoms with Gasteiger partial charge in [-0.3, -0.25) is 9.79 Å². The Hall–Kier alpha value is -0.563. The molecular formula is C10H14LiO5P. The zero-order valence-corrected chi connectivity index (χ0v) is 11.1. The Kier molecular flexibility index (Phi) is 5.66. The van der Waals surface area contributed by atoms with Crippen LogP contribution in [0.25, 0.3) is 0 Å². The average Bonchev–Trinajstić information content (AvgIpc) is 1.96. The maximum Gasteiger partial charge on any atom is 1.00 e. The molecule has 0 aliphatic heterocycles. The van der Waals surface area contributed by atoms with Crippen LogP contribution >= 0.6 is 7.82 Å². The zero-order valence-electron chi connectivity index (χ0n) is 11.2. The summed E-state index contributed by atoms with van der Waals surface area (Å²) in [4.78, 5) is 28.6. The Morgan fingerprint density at radius 1 is 1.24 bits per heavy atom. The molecule has 0 bridgehead atoms. The summed E-state index contributed by atoms with van der Waals surface area (Å²) >= 11 is 0. The van der Waals surface area contributed by atoms with Crippen molar-refractivity contribution >= 4 is 13.8 Å². The molecule has 0 saturated heterocycles. The third-order valence-electron chi connectivity index (χ3n) is 2.08. The van der Waals surface area contributed by atoms with Crippen molar-refractivity contribution in [2.75, 3.05) is 0 Å². The van der Waals surface area contributed by atoms with E-state index in [2.05, 4.69) is 4.52 Å². The largest absolute Gasteiger partial charge is 1.00 e. The Morgan fingerprint density at radius 3 is 2.00 bits per heavy atom. The van der Waals surface area contributed by atoms with Gasteiger partial charge in [-0.2, -0.15) is 0 Å². The SMILES string of the molecule is Cc1cc(C)c(C(=O)OP(=O)(O)O)c(C)c1.[H-].[Li+]. The van der Waals surface area contributed by atoms with Gasteiger partial charge in [0.2, 0.25) is 0 Å². The number of aryl methyl sites for hydroxylation is 3. The van der Waals surface area contributed by atoms with Crippen molar-refractivity contribution in [3.05, 3.63) is 34.4 Å². The van der Waals surface area contributed by atoms with E-state index in [0.717, 1.165) is 5.56 Å². The topological polar surface area (TPSA) is 83.8 Å². The number of hydrogen-bond donors (Lipinski definition) is 2. The Morgan fingerprint density at radius 2 is 1.65 bits per heavy atom. The van der Waals surface area contributed by atoms with Crippen LogP contribution in [0.15, 0.2) is 12.1 Å². The number of rotatable bonds is 2. The molecule has 2 N–H and O–H groups in total.